The Kier molecular flexibility index (Phi) is 45.8. The van der Waals surface area contributed by atoms with Gasteiger partial charge in [0.15, 0.2) is 0 Å². The van der Waals surface area contributed by atoms with Gasteiger partial charge in [0.2, 0.25) is 0 Å². The van der Waals surface area contributed by atoms with Crippen LogP contribution in [-0.4, -0.2) is 57.2 Å². The second-order valence-corrected chi connectivity index (χ2v) is 7.01. The maximum atomic E-state index is 10.9. The van der Waals surface area contributed by atoms with Crippen LogP contribution in [-0.2, 0) is 48.4 Å². The molecule has 0 saturated heterocycles. The third-order valence-corrected chi connectivity index (χ3v) is 4.80. The smallest absolute Gasteiger partial charge is 0.325 e. The number of rotatable bonds is 13. The van der Waals surface area contributed by atoms with Crippen LogP contribution in [0.5, 0.6) is 0 Å². The Morgan fingerprint density at radius 3 is 1.51 bits per heavy atom. The predicted octanol–water partition coefficient (Wildman–Crippen LogP) is 3.73. The van der Waals surface area contributed by atoms with Crippen molar-refractivity contribution >= 4 is 46.3 Å². The average Bonchev–Trinajstić information content (AvgIpc) is 2.89. The third kappa shape index (κ3) is 28.1. The minimum atomic E-state index is -0.285. The van der Waals surface area contributed by atoms with Gasteiger partial charge in [0.1, 0.15) is 18.1 Å². The molecule has 9 nitrogen and oxygen atoms in total. The first kappa shape index (κ1) is 44.7. The molecule has 0 aliphatic heterocycles. The van der Waals surface area contributed by atoms with E-state index in [-0.39, 0.29) is 57.9 Å². The van der Waals surface area contributed by atoms with Crippen LogP contribution in [0.25, 0.3) is 0 Å². The molecule has 0 fully saturated rings. The Balaban J connectivity index is -0.0000000882. The molecule has 0 amide bonds. The van der Waals surface area contributed by atoms with Gasteiger partial charge in [-0.05, 0) is 47.3 Å². The van der Waals surface area contributed by atoms with Gasteiger partial charge in [-0.2, -0.15) is 0 Å². The second kappa shape index (κ2) is 35.9. The van der Waals surface area contributed by atoms with E-state index in [0.29, 0.717) is 12.8 Å². The van der Waals surface area contributed by atoms with Crippen LogP contribution in [0.3, 0.4) is 0 Å². The molecule has 13 heteroatoms. The van der Waals surface area contributed by atoms with E-state index >= 15 is 0 Å². The maximum Gasteiger partial charge on any atom is 0.325 e. The number of hydrogen-bond acceptors (Lipinski definition) is 9. The van der Waals surface area contributed by atoms with Crippen molar-refractivity contribution in [2.75, 3.05) is 21.1 Å². The molecule has 0 radical (unpaired) electrons. The predicted molar refractivity (Wildman–Crippen MR) is 153 cm³/mol. The van der Waals surface area contributed by atoms with E-state index in [0.717, 1.165) is 19.3 Å². The molecule has 0 aliphatic rings. The van der Waals surface area contributed by atoms with E-state index in [1.165, 1.54) is 0 Å². The molecule has 214 valence electrons. The second-order valence-electron chi connectivity index (χ2n) is 6.31. The topological polar surface area (TPSA) is 115 Å². The molecular formula is C22H50N3O6P3Pd. The van der Waals surface area contributed by atoms with Gasteiger partial charge in [-0.15, -0.1) is 6.58 Å². The first-order valence-electron chi connectivity index (χ1n) is 11.2. The summed E-state index contributed by atoms with van der Waals surface area (Å²) in [5.74, 6) is -0.742. The fourth-order valence-electron chi connectivity index (χ4n) is 2.14. The van der Waals surface area contributed by atoms with Crippen LogP contribution in [0, 0.1) is 0 Å². The summed E-state index contributed by atoms with van der Waals surface area (Å²) in [6.07, 6.45) is 9.74. The summed E-state index contributed by atoms with van der Waals surface area (Å²) in [7, 11) is 11.0. The standard InChI is InChI=1S/C7H16NO2P.C7H14NO2P.C6H12NO2P.C2H6.Pd.H2/c2*1-3-4-5-6(8-2)7(9)10-11;1-3-4-5(7-2)6(8)9-10;1-2;;/h6,8H,3-5,11H2,1-2H3;3-4,6,8H,5,11H2,1-2H3;3,5,7H,1,4,10H2,2H3;1-2H3;;1H/b;4-3+;;;;. The number of nitrogens with one attached hydrogen (secondary N) is 3. The molecule has 0 heterocycles. The van der Waals surface area contributed by atoms with Gasteiger partial charge < -0.3 is 29.5 Å². The van der Waals surface area contributed by atoms with Gasteiger partial charge in [-0.25, -0.2) is 0 Å². The first-order chi connectivity index (χ1) is 16.3. The van der Waals surface area contributed by atoms with Gasteiger partial charge in [0.25, 0.3) is 0 Å². The summed E-state index contributed by atoms with van der Waals surface area (Å²) < 4.78 is 13.4. The first-order valence-corrected chi connectivity index (χ1v) is 12.6. The summed E-state index contributed by atoms with van der Waals surface area (Å²) in [5, 5.41) is 8.54. The number of hydrogen-bond donors (Lipinski definition) is 3. The van der Waals surface area contributed by atoms with Crippen LogP contribution < -0.4 is 16.0 Å². The van der Waals surface area contributed by atoms with E-state index in [1.807, 2.05) is 61.3 Å². The summed E-state index contributed by atoms with van der Waals surface area (Å²) in [4.78, 5) is 32.6. The molecule has 0 rings (SSSR count). The van der Waals surface area contributed by atoms with E-state index < -0.39 is 0 Å². The Hall–Kier alpha value is -0.278. The van der Waals surface area contributed by atoms with Crippen molar-refractivity contribution in [1.29, 1.82) is 0 Å². The van der Waals surface area contributed by atoms with Crippen molar-refractivity contribution in [2.24, 2.45) is 0 Å². The van der Waals surface area contributed by atoms with Crippen LogP contribution in [0.2, 0.25) is 0 Å². The van der Waals surface area contributed by atoms with Gasteiger partial charge in [0, 0.05) is 21.8 Å². The number of likely N-dealkylation sites (N-methyl/N-ethyl adjacent to an activating group) is 3. The zero-order valence-electron chi connectivity index (χ0n) is 22.2. The minimum absolute atomic E-state index is 0. The quantitative estimate of drug-likeness (QED) is 0.156. The van der Waals surface area contributed by atoms with Gasteiger partial charge in [0.05, 0.1) is 28.4 Å². The molecule has 35 heavy (non-hydrogen) atoms. The van der Waals surface area contributed by atoms with Crippen LogP contribution in [0.15, 0.2) is 24.8 Å². The summed E-state index contributed by atoms with van der Waals surface area (Å²) in [5.41, 5.74) is 0. The Bertz CT molecular complexity index is 553. The van der Waals surface area contributed by atoms with Gasteiger partial charge in [-0.1, -0.05) is 51.8 Å². The molecule has 0 saturated carbocycles. The number of carbonyl (C=O) groups is 3. The average molecular weight is 652 g/mol. The SMILES string of the molecule is C/C=C/CC(NC)C(=O)OP.C=CCC(NC)C(=O)OP.CC.CCCCC(NC)C(=O)OP.[HH].[Pd]. The molecular weight excluding hydrogens is 602 g/mol. The summed E-state index contributed by atoms with van der Waals surface area (Å²) in [6.45, 7) is 11.5. The fourth-order valence-corrected chi connectivity index (χ4v) is 2.63. The molecule has 0 aliphatic carbocycles. The van der Waals surface area contributed by atoms with Crippen molar-refractivity contribution in [3.05, 3.63) is 24.8 Å². The summed E-state index contributed by atoms with van der Waals surface area (Å²) >= 11 is 0. The van der Waals surface area contributed by atoms with E-state index in [1.54, 1.807) is 27.2 Å². The molecule has 0 bridgehead atoms. The zero-order valence-corrected chi connectivity index (χ0v) is 27.2. The molecule has 6 unspecified atom stereocenters. The zero-order chi connectivity index (χ0) is 27.4. The van der Waals surface area contributed by atoms with Crippen molar-refractivity contribution in [3.8, 4) is 0 Å². The molecule has 0 aromatic heterocycles. The monoisotopic (exact) mass is 651 g/mol. The van der Waals surface area contributed by atoms with Crippen molar-refractivity contribution in [3.63, 3.8) is 0 Å². The van der Waals surface area contributed by atoms with E-state index in [9.17, 15) is 14.4 Å². The van der Waals surface area contributed by atoms with Crippen LogP contribution in [0.4, 0.5) is 0 Å². The number of unbranched alkanes of at least 4 members (excludes halogenated alkanes) is 1. The molecule has 0 aromatic rings. The van der Waals surface area contributed by atoms with Crippen molar-refractivity contribution < 1.29 is 49.8 Å². The Labute approximate surface area is 235 Å². The number of allylic oxidation sites excluding steroid dienone is 1. The third-order valence-electron chi connectivity index (χ3n) is 4.10. The summed E-state index contributed by atoms with van der Waals surface area (Å²) in [6, 6.07) is -0.647. The van der Waals surface area contributed by atoms with E-state index in [4.69, 9.17) is 0 Å². The normalized spacial score (nSPS) is 11.8. The van der Waals surface area contributed by atoms with Crippen molar-refractivity contribution in [2.45, 2.75) is 77.9 Å². The van der Waals surface area contributed by atoms with Crippen LogP contribution >= 0.6 is 28.4 Å². The van der Waals surface area contributed by atoms with E-state index in [2.05, 4.69) is 43.0 Å². The fraction of sp³-hybridized carbons (Fsp3) is 0.682. The molecule has 0 spiro atoms. The molecule has 0 aromatic carbocycles. The Morgan fingerprint density at radius 2 is 1.23 bits per heavy atom. The Morgan fingerprint density at radius 1 is 0.857 bits per heavy atom. The van der Waals surface area contributed by atoms with Gasteiger partial charge in [-0.3, -0.25) is 14.4 Å². The molecule has 6 atom stereocenters. The minimum Gasteiger partial charge on any atom is -0.450 e. The molecule has 3 N–H and O–H groups in total. The maximum absolute atomic E-state index is 10.9. The van der Waals surface area contributed by atoms with Crippen LogP contribution in [0.1, 0.15) is 61.2 Å². The number of carbonyl (C=O) groups excluding carboxylic acids is 3. The van der Waals surface area contributed by atoms with Crippen molar-refractivity contribution in [1.82, 2.24) is 16.0 Å². The van der Waals surface area contributed by atoms with Gasteiger partial charge >= 0.3 is 17.9 Å². The largest absolute Gasteiger partial charge is 0.450 e.